The van der Waals surface area contributed by atoms with Crippen LogP contribution in [-0.2, 0) is 6.42 Å². The number of hydrogen-bond donors (Lipinski definition) is 0. The number of rotatable bonds is 6. The summed E-state index contributed by atoms with van der Waals surface area (Å²) < 4.78 is 2.46. The second-order valence-corrected chi connectivity index (χ2v) is 7.46. The second kappa shape index (κ2) is 7.76. The molecule has 0 unspecified atom stereocenters. The first-order valence-corrected chi connectivity index (χ1v) is 10.2. The van der Waals surface area contributed by atoms with Crippen LogP contribution in [0.2, 0.25) is 0 Å². The van der Waals surface area contributed by atoms with Crippen molar-refractivity contribution in [2.45, 2.75) is 26.2 Å². The van der Waals surface area contributed by atoms with Crippen LogP contribution in [0, 0.1) is 0 Å². The van der Waals surface area contributed by atoms with Gasteiger partial charge >= 0.3 is 0 Å². The Morgan fingerprint density at radius 3 is 2.23 bits per heavy atom. The first kappa shape index (κ1) is 16.9. The van der Waals surface area contributed by atoms with Crippen molar-refractivity contribution < 1.29 is 0 Å². The van der Waals surface area contributed by atoms with Crippen molar-refractivity contribution in [3.05, 3.63) is 89.9 Å². The summed E-state index contributed by atoms with van der Waals surface area (Å²) in [5.74, 6) is 0. The first-order chi connectivity index (χ1) is 12.9. The van der Waals surface area contributed by atoms with E-state index in [1.54, 1.807) is 0 Å². The maximum Gasteiger partial charge on any atom is 0.0538 e. The van der Waals surface area contributed by atoms with Gasteiger partial charge in [0.1, 0.15) is 0 Å². The zero-order chi connectivity index (χ0) is 17.8. The highest BCUT2D eigenvalue weighted by Crippen LogP contribution is 2.38. The van der Waals surface area contributed by atoms with Crippen LogP contribution in [0.1, 0.15) is 25.5 Å². The summed E-state index contributed by atoms with van der Waals surface area (Å²) in [7, 11) is 0. The Labute approximate surface area is 159 Å². The van der Waals surface area contributed by atoms with E-state index >= 15 is 0 Å². The van der Waals surface area contributed by atoms with Crippen LogP contribution in [-0.4, -0.2) is 4.57 Å². The van der Waals surface area contributed by atoms with E-state index in [-0.39, 0.29) is 0 Å². The normalized spacial score (nSPS) is 11.0. The van der Waals surface area contributed by atoms with Crippen LogP contribution >= 0.6 is 11.3 Å². The zero-order valence-corrected chi connectivity index (χ0v) is 15.9. The predicted molar refractivity (Wildman–Crippen MR) is 113 cm³/mol. The van der Waals surface area contributed by atoms with Crippen LogP contribution in [0.15, 0.2) is 84.2 Å². The molecular formula is C24H23NS. The molecule has 0 spiro atoms. The highest BCUT2D eigenvalue weighted by Gasteiger charge is 2.19. The van der Waals surface area contributed by atoms with Crippen molar-refractivity contribution >= 4 is 11.3 Å². The van der Waals surface area contributed by atoms with Gasteiger partial charge in [-0.25, -0.2) is 0 Å². The Bertz CT molecular complexity index is 950. The average Bonchev–Trinajstić information content (AvgIpc) is 3.35. The zero-order valence-electron chi connectivity index (χ0n) is 15.1. The lowest BCUT2D eigenvalue weighted by Crippen LogP contribution is -2.03. The van der Waals surface area contributed by atoms with E-state index in [0.717, 1.165) is 6.42 Å². The summed E-state index contributed by atoms with van der Waals surface area (Å²) in [5.41, 5.74) is 6.55. The van der Waals surface area contributed by atoms with Gasteiger partial charge in [-0.3, -0.25) is 0 Å². The van der Waals surface area contributed by atoms with E-state index in [0.29, 0.717) is 0 Å². The largest absolute Gasteiger partial charge is 0.313 e. The van der Waals surface area contributed by atoms with Gasteiger partial charge in [0, 0.05) is 21.8 Å². The lowest BCUT2D eigenvalue weighted by molar-refractivity contribution is 0.763. The van der Waals surface area contributed by atoms with Gasteiger partial charge in [0.2, 0.25) is 0 Å². The summed E-state index contributed by atoms with van der Waals surface area (Å²) in [4.78, 5) is 1.35. The van der Waals surface area contributed by atoms with E-state index < -0.39 is 0 Å². The van der Waals surface area contributed by atoms with Gasteiger partial charge < -0.3 is 4.57 Å². The number of aromatic nitrogens is 1. The molecule has 2 aromatic carbocycles. The third kappa shape index (κ3) is 3.25. The number of unbranched alkanes of at least 4 members (excludes halogenated alkanes) is 1. The summed E-state index contributed by atoms with van der Waals surface area (Å²) >= 11 is 1.82. The Morgan fingerprint density at radius 1 is 0.846 bits per heavy atom. The van der Waals surface area contributed by atoms with Crippen LogP contribution in [0.5, 0.6) is 0 Å². The predicted octanol–water partition coefficient (Wildman–Crippen LogP) is 7.22. The van der Waals surface area contributed by atoms with Gasteiger partial charge in [0.25, 0.3) is 0 Å². The van der Waals surface area contributed by atoms with Crippen molar-refractivity contribution in [3.8, 4) is 27.4 Å². The summed E-state index contributed by atoms with van der Waals surface area (Å²) in [5, 5.41) is 2.17. The quantitative estimate of drug-likeness (QED) is 0.343. The molecule has 2 heteroatoms. The minimum Gasteiger partial charge on any atom is -0.313 e. The fourth-order valence-corrected chi connectivity index (χ4v) is 4.24. The Morgan fingerprint density at radius 2 is 1.58 bits per heavy atom. The lowest BCUT2D eigenvalue weighted by atomic mass is 10.1. The fraction of sp³-hybridized carbons (Fsp3) is 0.167. The van der Waals surface area contributed by atoms with Crippen LogP contribution in [0.4, 0.5) is 0 Å². The molecule has 0 aliphatic heterocycles. The standard InChI is InChI=1S/C24H23NS/c1-2-3-15-22-21(24-16-10-17-26-24)18-23(19-11-6-4-7-12-19)25(22)20-13-8-5-9-14-20/h4-14,16-18H,2-3,15H2,1H3. The maximum atomic E-state index is 2.46. The molecule has 0 atom stereocenters. The van der Waals surface area contributed by atoms with Gasteiger partial charge in [0.15, 0.2) is 0 Å². The number of benzene rings is 2. The molecule has 0 aliphatic carbocycles. The molecule has 0 amide bonds. The second-order valence-electron chi connectivity index (χ2n) is 6.51. The number of thiophene rings is 1. The smallest absolute Gasteiger partial charge is 0.0538 e. The highest BCUT2D eigenvalue weighted by atomic mass is 32.1. The summed E-state index contributed by atoms with van der Waals surface area (Å²) in [6, 6.07) is 28.2. The SMILES string of the molecule is CCCCc1c(-c2cccs2)cc(-c2ccccc2)n1-c1ccccc1. The molecule has 4 aromatic rings. The minimum absolute atomic E-state index is 1.09. The third-order valence-electron chi connectivity index (χ3n) is 4.74. The molecule has 1 nitrogen and oxygen atoms in total. The van der Waals surface area contributed by atoms with E-state index in [9.17, 15) is 0 Å². The van der Waals surface area contributed by atoms with Crippen LogP contribution in [0.3, 0.4) is 0 Å². The number of para-hydroxylation sites is 1. The number of hydrogen-bond acceptors (Lipinski definition) is 1. The van der Waals surface area contributed by atoms with Crippen molar-refractivity contribution in [3.63, 3.8) is 0 Å². The van der Waals surface area contributed by atoms with Gasteiger partial charge in [-0.1, -0.05) is 67.9 Å². The topological polar surface area (TPSA) is 4.93 Å². The van der Waals surface area contributed by atoms with Crippen LogP contribution in [0.25, 0.3) is 27.4 Å². The van der Waals surface area contributed by atoms with Gasteiger partial charge in [-0.05, 0) is 48.1 Å². The van der Waals surface area contributed by atoms with Crippen molar-refractivity contribution in [2.24, 2.45) is 0 Å². The lowest BCUT2D eigenvalue weighted by Gasteiger charge is -2.15. The van der Waals surface area contributed by atoms with E-state index in [4.69, 9.17) is 0 Å². The van der Waals surface area contributed by atoms with Crippen molar-refractivity contribution in [2.75, 3.05) is 0 Å². The van der Waals surface area contributed by atoms with Crippen molar-refractivity contribution in [1.29, 1.82) is 0 Å². The molecule has 0 N–H and O–H groups in total. The molecule has 130 valence electrons. The van der Waals surface area contributed by atoms with E-state index in [1.807, 2.05) is 11.3 Å². The molecule has 26 heavy (non-hydrogen) atoms. The van der Waals surface area contributed by atoms with Crippen molar-refractivity contribution in [1.82, 2.24) is 4.57 Å². The Balaban J connectivity index is 1.98. The maximum absolute atomic E-state index is 2.46. The molecule has 0 bridgehead atoms. The number of nitrogens with zero attached hydrogens (tertiary/aromatic N) is 1. The molecule has 0 saturated carbocycles. The van der Waals surface area contributed by atoms with Crippen LogP contribution < -0.4 is 0 Å². The molecule has 0 radical (unpaired) electrons. The molecule has 0 fully saturated rings. The highest BCUT2D eigenvalue weighted by molar-refractivity contribution is 7.13. The van der Waals surface area contributed by atoms with Gasteiger partial charge in [0.05, 0.1) is 5.69 Å². The minimum atomic E-state index is 1.09. The molecule has 2 heterocycles. The first-order valence-electron chi connectivity index (χ1n) is 9.28. The average molecular weight is 358 g/mol. The summed E-state index contributed by atoms with van der Waals surface area (Å²) in [6.07, 6.45) is 3.49. The monoisotopic (exact) mass is 357 g/mol. The van der Waals surface area contributed by atoms with E-state index in [2.05, 4.69) is 95.7 Å². The third-order valence-corrected chi connectivity index (χ3v) is 5.64. The Hall–Kier alpha value is -2.58. The van der Waals surface area contributed by atoms with Gasteiger partial charge in [-0.2, -0.15) is 0 Å². The van der Waals surface area contributed by atoms with E-state index in [1.165, 1.54) is 45.9 Å². The molecular weight excluding hydrogens is 334 g/mol. The molecule has 2 aromatic heterocycles. The molecule has 4 rings (SSSR count). The summed E-state index contributed by atoms with van der Waals surface area (Å²) in [6.45, 7) is 2.26. The van der Waals surface area contributed by atoms with Gasteiger partial charge in [-0.15, -0.1) is 11.3 Å². The fourth-order valence-electron chi connectivity index (χ4n) is 3.48. The Kier molecular flexibility index (Phi) is 5.03. The molecule has 0 saturated heterocycles. The molecule has 0 aliphatic rings.